The zero-order chi connectivity index (χ0) is 15.5. The molecule has 2 rings (SSSR count). The van der Waals surface area contributed by atoms with E-state index < -0.39 is 11.5 Å². The molecule has 21 heavy (non-hydrogen) atoms. The molecule has 2 aromatic rings. The van der Waals surface area contributed by atoms with E-state index >= 15 is 0 Å². The first kappa shape index (κ1) is 15.5. The highest BCUT2D eigenvalue weighted by Crippen LogP contribution is 2.36. The lowest BCUT2D eigenvalue weighted by atomic mass is 9.79. The SMILES string of the molecule is CCOC(=O)C(CC)C(C)(O)c1cccc2ccccc12. The molecular formula is C18H22O3. The number of hydrogen-bond donors (Lipinski definition) is 1. The lowest BCUT2D eigenvalue weighted by Gasteiger charge is -2.32. The molecule has 2 unspecified atom stereocenters. The van der Waals surface area contributed by atoms with E-state index in [1.165, 1.54) is 0 Å². The third kappa shape index (κ3) is 2.93. The third-order valence-electron chi connectivity index (χ3n) is 3.99. The van der Waals surface area contributed by atoms with E-state index in [1.807, 2.05) is 49.4 Å². The van der Waals surface area contributed by atoms with Crippen LogP contribution >= 0.6 is 0 Å². The normalized spacial score (nSPS) is 15.4. The molecule has 0 aliphatic carbocycles. The van der Waals surface area contributed by atoms with Crippen LogP contribution in [0.3, 0.4) is 0 Å². The van der Waals surface area contributed by atoms with Crippen molar-refractivity contribution in [2.24, 2.45) is 5.92 Å². The summed E-state index contributed by atoms with van der Waals surface area (Å²) in [5.41, 5.74) is -0.498. The molecule has 0 radical (unpaired) electrons. The lowest BCUT2D eigenvalue weighted by Crippen LogP contribution is -2.38. The van der Waals surface area contributed by atoms with Gasteiger partial charge in [-0.1, -0.05) is 49.4 Å². The summed E-state index contributed by atoms with van der Waals surface area (Å²) in [5, 5.41) is 13.1. The van der Waals surface area contributed by atoms with E-state index in [0.717, 1.165) is 16.3 Å². The van der Waals surface area contributed by atoms with Crippen LogP contribution in [0.2, 0.25) is 0 Å². The molecule has 0 aliphatic rings. The van der Waals surface area contributed by atoms with Gasteiger partial charge in [-0.3, -0.25) is 4.79 Å². The summed E-state index contributed by atoms with van der Waals surface area (Å²) in [5.74, 6) is -0.929. The molecule has 1 N–H and O–H groups in total. The Balaban J connectivity index is 2.52. The maximum atomic E-state index is 12.1. The highest BCUT2D eigenvalue weighted by Gasteiger charge is 2.39. The minimum absolute atomic E-state index is 0.320. The molecule has 0 saturated carbocycles. The molecule has 0 aliphatic heterocycles. The third-order valence-corrected chi connectivity index (χ3v) is 3.99. The highest BCUT2D eigenvalue weighted by molar-refractivity contribution is 5.87. The molecule has 0 heterocycles. The fourth-order valence-electron chi connectivity index (χ4n) is 2.89. The Hall–Kier alpha value is -1.87. The smallest absolute Gasteiger partial charge is 0.312 e. The molecule has 2 atom stereocenters. The Morgan fingerprint density at radius 2 is 1.86 bits per heavy atom. The Labute approximate surface area is 125 Å². The second-order valence-electron chi connectivity index (χ2n) is 5.39. The molecule has 0 bridgehead atoms. The van der Waals surface area contributed by atoms with Gasteiger partial charge in [0.05, 0.1) is 12.5 Å². The number of carbonyl (C=O) groups is 1. The number of aliphatic hydroxyl groups is 1. The first-order valence-corrected chi connectivity index (χ1v) is 7.39. The number of ether oxygens (including phenoxy) is 1. The average molecular weight is 286 g/mol. The maximum Gasteiger partial charge on any atom is 0.312 e. The van der Waals surface area contributed by atoms with E-state index in [-0.39, 0.29) is 5.97 Å². The van der Waals surface area contributed by atoms with Crippen LogP contribution in [0.5, 0.6) is 0 Å². The molecule has 0 amide bonds. The molecular weight excluding hydrogens is 264 g/mol. The van der Waals surface area contributed by atoms with Crippen molar-refractivity contribution in [2.45, 2.75) is 32.8 Å². The zero-order valence-corrected chi connectivity index (χ0v) is 12.8. The van der Waals surface area contributed by atoms with Gasteiger partial charge in [0.15, 0.2) is 0 Å². The summed E-state index contributed by atoms with van der Waals surface area (Å²) in [6.07, 6.45) is 0.523. The van der Waals surface area contributed by atoms with Crippen LogP contribution in [-0.4, -0.2) is 17.7 Å². The first-order chi connectivity index (χ1) is 10.0. The van der Waals surface area contributed by atoms with Gasteiger partial charge in [0, 0.05) is 0 Å². The molecule has 0 aromatic heterocycles. The van der Waals surface area contributed by atoms with Crippen molar-refractivity contribution in [3.63, 3.8) is 0 Å². The predicted molar refractivity (Wildman–Crippen MR) is 83.9 cm³/mol. The minimum Gasteiger partial charge on any atom is -0.466 e. The van der Waals surface area contributed by atoms with Gasteiger partial charge in [0.1, 0.15) is 5.60 Å². The van der Waals surface area contributed by atoms with Gasteiger partial charge in [-0.25, -0.2) is 0 Å². The van der Waals surface area contributed by atoms with Gasteiger partial charge < -0.3 is 9.84 Å². The van der Waals surface area contributed by atoms with Gasteiger partial charge in [0.25, 0.3) is 0 Å². The monoisotopic (exact) mass is 286 g/mol. The van der Waals surface area contributed by atoms with Gasteiger partial charge in [-0.05, 0) is 36.6 Å². The molecule has 2 aromatic carbocycles. The lowest BCUT2D eigenvalue weighted by molar-refractivity contribution is -0.158. The summed E-state index contributed by atoms with van der Waals surface area (Å²) < 4.78 is 5.12. The summed E-state index contributed by atoms with van der Waals surface area (Å²) >= 11 is 0. The molecule has 0 saturated heterocycles. The van der Waals surface area contributed by atoms with E-state index in [9.17, 15) is 9.90 Å². The quantitative estimate of drug-likeness (QED) is 0.854. The number of esters is 1. The molecule has 3 heteroatoms. The van der Waals surface area contributed by atoms with E-state index in [2.05, 4.69) is 0 Å². The summed E-state index contributed by atoms with van der Waals surface area (Å²) in [4.78, 5) is 12.1. The fraction of sp³-hybridized carbons (Fsp3) is 0.389. The van der Waals surface area contributed by atoms with Crippen LogP contribution < -0.4 is 0 Å². The second-order valence-corrected chi connectivity index (χ2v) is 5.39. The topological polar surface area (TPSA) is 46.5 Å². The highest BCUT2D eigenvalue weighted by atomic mass is 16.5. The van der Waals surface area contributed by atoms with Crippen molar-refractivity contribution in [1.29, 1.82) is 0 Å². The standard InChI is InChI=1S/C18H22O3/c1-4-15(17(19)21-5-2)18(3,20)16-12-8-10-13-9-6-7-11-14(13)16/h6-12,15,20H,4-5H2,1-3H3. The number of carbonyl (C=O) groups excluding carboxylic acids is 1. The van der Waals surface area contributed by atoms with Crippen LogP contribution in [0, 0.1) is 5.92 Å². The van der Waals surface area contributed by atoms with Crippen molar-refractivity contribution < 1.29 is 14.6 Å². The number of benzene rings is 2. The maximum absolute atomic E-state index is 12.1. The number of fused-ring (bicyclic) bond motifs is 1. The Morgan fingerprint density at radius 3 is 2.52 bits per heavy atom. The van der Waals surface area contributed by atoms with Crippen LogP contribution in [0.15, 0.2) is 42.5 Å². The van der Waals surface area contributed by atoms with Crippen molar-refractivity contribution in [3.05, 3.63) is 48.0 Å². The van der Waals surface area contributed by atoms with Gasteiger partial charge in [-0.15, -0.1) is 0 Å². The summed E-state index contributed by atoms with van der Waals surface area (Å²) in [6, 6.07) is 13.7. The number of hydrogen-bond acceptors (Lipinski definition) is 3. The van der Waals surface area contributed by atoms with Crippen molar-refractivity contribution in [1.82, 2.24) is 0 Å². The van der Waals surface area contributed by atoms with Crippen molar-refractivity contribution >= 4 is 16.7 Å². The van der Waals surface area contributed by atoms with E-state index in [0.29, 0.717) is 13.0 Å². The number of rotatable bonds is 5. The Kier molecular flexibility index (Phi) is 4.63. The Morgan fingerprint density at radius 1 is 1.19 bits per heavy atom. The fourth-order valence-corrected chi connectivity index (χ4v) is 2.89. The molecule has 0 spiro atoms. The largest absolute Gasteiger partial charge is 0.466 e. The summed E-state index contributed by atoms with van der Waals surface area (Å²) in [7, 11) is 0. The second kappa shape index (κ2) is 6.27. The average Bonchev–Trinajstić information content (AvgIpc) is 2.47. The van der Waals surface area contributed by atoms with Crippen LogP contribution in [0.25, 0.3) is 10.8 Å². The van der Waals surface area contributed by atoms with Crippen LogP contribution in [0.1, 0.15) is 32.8 Å². The van der Waals surface area contributed by atoms with Crippen LogP contribution in [0.4, 0.5) is 0 Å². The first-order valence-electron chi connectivity index (χ1n) is 7.39. The van der Waals surface area contributed by atoms with Crippen molar-refractivity contribution in [2.75, 3.05) is 6.61 Å². The summed E-state index contributed by atoms with van der Waals surface area (Å²) in [6.45, 7) is 5.68. The molecule has 0 fully saturated rings. The van der Waals surface area contributed by atoms with Gasteiger partial charge in [0.2, 0.25) is 0 Å². The molecule has 112 valence electrons. The van der Waals surface area contributed by atoms with E-state index in [4.69, 9.17) is 4.74 Å². The Bertz CT molecular complexity index is 626. The van der Waals surface area contributed by atoms with Gasteiger partial charge >= 0.3 is 5.97 Å². The molecule has 3 nitrogen and oxygen atoms in total. The van der Waals surface area contributed by atoms with Crippen LogP contribution in [-0.2, 0) is 15.1 Å². The zero-order valence-electron chi connectivity index (χ0n) is 12.8. The van der Waals surface area contributed by atoms with E-state index in [1.54, 1.807) is 13.8 Å². The predicted octanol–water partition coefficient (Wildman–Crippen LogP) is 3.64. The minimum atomic E-state index is -1.26. The van der Waals surface area contributed by atoms with Gasteiger partial charge in [-0.2, -0.15) is 0 Å². The van der Waals surface area contributed by atoms with Crippen molar-refractivity contribution in [3.8, 4) is 0 Å².